The summed E-state index contributed by atoms with van der Waals surface area (Å²) >= 11 is 1.63. The fourth-order valence-corrected chi connectivity index (χ4v) is 7.45. The molecule has 0 aliphatic heterocycles. The zero-order valence-corrected chi connectivity index (χ0v) is 38.1. The van der Waals surface area contributed by atoms with E-state index in [1.807, 2.05) is 11.4 Å². The van der Waals surface area contributed by atoms with Crippen molar-refractivity contribution >= 4 is 62.9 Å². The molecule has 16 nitrogen and oxygen atoms in total. The van der Waals surface area contributed by atoms with Crippen LogP contribution < -0.4 is 26.5 Å². The number of ether oxygens (including phenoxy) is 1. The number of carboxylic acid groups (broad SMARTS) is 1. The number of amides is 2. The van der Waals surface area contributed by atoms with Crippen molar-refractivity contribution in [2.75, 3.05) is 19.0 Å². The Balaban J connectivity index is 0.000000318. The second kappa shape index (κ2) is 24.4. The molecule has 0 radical (unpaired) electrons. The Hall–Kier alpha value is -7.18. The van der Waals surface area contributed by atoms with E-state index < -0.39 is 125 Å². The number of halogens is 8. The molecule has 25 heteroatoms. The fourth-order valence-electron chi connectivity index (χ4n) is 6.65. The molecule has 0 saturated heterocycles. The van der Waals surface area contributed by atoms with Gasteiger partial charge in [-0.15, -0.1) is 11.8 Å². The molecule has 0 spiro atoms. The average Bonchev–Trinajstić information content (AvgIpc) is 3.30. The van der Waals surface area contributed by atoms with Crippen molar-refractivity contribution in [3.8, 4) is 5.75 Å². The quantitative estimate of drug-likeness (QED) is 0.0255. The minimum atomic E-state index is -4.78. The van der Waals surface area contributed by atoms with Crippen molar-refractivity contribution in [3.05, 3.63) is 117 Å². The lowest BCUT2D eigenvalue weighted by Crippen LogP contribution is -2.48. The Labute approximate surface area is 395 Å². The highest BCUT2D eigenvalue weighted by Gasteiger charge is 2.33. The van der Waals surface area contributed by atoms with Gasteiger partial charge in [0.2, 0.25) is 23.4 Å². The Kier molecular flexibility index (Phi) is 19.3. The Morgan fingerprint density at radius 3 is 1.71 bits per heavy atom. The molecule has 2 heterocycles. The fraction of sp³-hybridized carbons (Fsp3) is 0.356. The molecule has 4 atom stereocenters. The van der Waals surface area contributed by atoms with Crippen molar-refractivity contribution in [1.29, 1.82) is 0 Å². The molecule has 5 rings (SSSR count). The molecule has 70 heavy (non-hydrogen) atoms. The largest absolute Gasteiger partial charge is 0.513 e. The molecule has 4 N–H and O–H groups in total. The van der Waals surface area contributed by atoms with E-state index in [0.717, 1.165) is 29.5 Å². The van der Waals surface area contributed by atoms with E-state index in [1.54, 1.807) is 30.8 Å². The van der Waals surface area contributed by atoms with E-state index in [9.17, 15) is 73.8 Å². The number of aliphatic carboxylic acids is 1. The lowest BCUT2D eigenvalue weighted by molar-refractivity contribution is -0.141. The lowest BCUT2D eigenvalue weighted by Gasteiger charge is -2.22. The molecule has 0 aliphatic carbocycles. The number of nitrogens with one attached hydrogen (secondary N) is 2. The van der Waals surface area contributed by atoms with Crippen molar-refractivity contribution in [3.63, 3.8) is 0 Å². The lowest BCUT2D eigenvalue weighted by atomic mass is 10.1. The topological polar surface area (TPSA) is 229 Å². The van der Waals surface area contributed by atoms with Crippen molar-refractivity contribution in [2.24, 2.45) is 0 Å². The van der Waals surface area contributed by atoms with Crippen LogP contribution in [0.15, 0.2) is 81.9 Å². The summed E-state index contributed by atoms with van der Waals surface area (Å²) in [5.41, 5.74) is -2.14. The van der Waals surface area contributed by atoms with Crippen LogP contribution in [0, 0.1) is 23.3 Å². The summed E-state index contributed by atoms with van der Waals surface area (Å²) in [6, 6.07) is 1.95. The SMILES string of the molecule is C=C(O)CC(NC(=O)[C@H](CC)n1cnc2ccc(SCCC)cc2c1=O)C(=O)CF.CC[C@@H](C(=O)N[C@@H](CC(=O)O)C(=O)COc1c(F)c(F)cc(F)c1F)n1cnc2ccc(C(F)(F)F)cc2c1=O. The van der Waals surface area contributed by atoms with Crippen LogP contribution in [0.3, 0.4) is 0 Å². The summed E-state index contributed by atoms with van der Waals surface area (Å²) in [6.45, 7) is 5.85. The number of nitrogens with zero attached hydrogens (tertiary/aromatic N) is 4. The standard InChI is InChI=1S/C24H18F7N3O6.C21H26FN3O4S/c1-2-16(34-9-32-14-4-3-10(24(29,30)31)5-11(14)23(34)39)22(38)33-15(7-18(36)37)17(35)8-40-21-19(27)12(25)6-13(26)20(21)28;1-4-8-30-14-6-7-16-15(10-14)21(29)25(12-23-16)18(5-2)20(28)24-17(9-13(3)26)19(27)11-22/h3-6,9,15-16H,2,7-8H2,1H3,(H,33,38)(H,36,37);6-7,10,12,17-18,26H,3-5,8-9,11H2,1-2H3,(H,24,28)/t15-,16-;17?,18-/m00/s1. The normalized spacial score (nSPS) is 13.1. The smallest absolute Gasteiger partial charge is 0.416 e. The van der Waals surface area contributed by atoms with Crippen LogP contribution in [0.5, 0.6) is 5.75 Å². The second-order valence-corrected chi connectivity index (χ2v) is 16.3. The minimum Gasteiger partial charge on any atom is -0.513 e. The molecule has 3 aromatic carbocycles. The van der Waals surface area contributed by atoms with Crippen molar-refractivity contribution < 1.29 is 74.0 Å². The van der Waals surface area contributed by atoms with E-state index in [-0.39, 0.29) is 42.2 Å². The number of benzene rings is 3. The minimum absolute atomic E-state index is 0.103. The van der Waals surface area contributed by atoms with Crippen molar-refractivity contribution in [2.45, 2.75) is 88.1 Å². The number of carbonyl (C=O) groups excluding carboxylic acids is 4. The highest BCUT2D eigenvalue weighted by Crippen LogP contribution is 2.31. The summed E-state index contributed by atoms with van der Waals surface area (Å²) in [5.74, 6) is -14.2. The number of aromatic nitrogens is 4. The third kappa shape index (κ3) is 13.7. The highest BCUT2D eigenvalue weighted by atomic mass is 32.2. The van der Waals surface area contributed by atoms with E-state index in [2.05, 4.69) is 33.5 Å². The Morgan fingerprint density at radius 2 is 1.26 bits per heavy atom. The first-order valence-corrected chi connectivity index (χ1v) is 21.9. The maximum Gasteiger partial charge on any atom is 0.416 e. The van der Waals surface area contributed by atoms with Gasteiger partial charge in [-0.05, 0) is 61.4 Å². The van der Waals surface area contributed by atoms with Gasteiger partial charge in [0, 0.05) is 17.4 Å². The number of carbonyl (C=O) groups is 5. The molecule has 1 unspecified atom stereocenters. The number of carboxylic acids is 1. The Morgan fingerprint density at radius 1 is 0.757 bits per heavy atom. The third-order valence-corrected chi connectivity index (χ3v) is 11.4. The number of fused-ring (bicyclic) bond motifs is 2. The first-order chi connectivity index (χ1) is 33.0. The van der Waals surface area contributed by atoms with Gasteiger partial charge in [-0.3, -0.25) is 42.7 Å². The first kappa shape index (κ1) is 55.4. The van der Waals surface area contributed by atoms with Crippen LogP contribution >= 0.6 is 11.8 Å². The van der Waals surface area contributed by atoms with Gasteiger partial charge >= 0.3 is 12.1 Å². The summed E-state index contributed by atoms with van der Waals surface area (Å²) in [5, 5.41) is 22.9. The molecule has 0 aliphatic rings. The van der Waals surface area contributed by atoms with Gasteiger partial charge < -0.3 is 25.6 Å². The molecule has 376 valence electrons. The molecule has 0 bridgehead atoms. The number of aliphatic hydroxyl groups excluding tert-OH is 1. The summed E-state index contributed by atoms with van der Waals surface area (Å²) < 4.78 is 113. The highest BCUT2D eigenvalue weighted by molar-refractivity contribution is 7.99. The number of rotatable bonds is 21. The van der Waals surface area contributed by atoms with E-state index >= 15 is 0 Å². The van der Waals surface area contributed by atoms with Crippen LogP contribution in [0.25, 0.3) is 21.8 Å². The molecule has 0 saturated carbocycles. The second-order valence-electron chi connectivity index (χ2n) is 15.2. The first-order valence-electron chi connectivity index (χ1n) is 21.0. The predicted octanol–water partition coefficient (Wildman–Crippen LogP) is 6.87. The van der Waals surface area contributed by atoms with E-state index in [0.29, 0.717) is 27.6 Å². The van der Waals surface area contributed by atoms with Gasteiger partial charge in [0.1, 0.15) is 31.4 Å². The van der Waals surface area contributed by atoms with Crippen LogP contribution in [-0.4, -0.2) is 89.8 Å². The summed E-state index contributed by atoms with van der Waals surface area (Å²) in [4.78, 5) is 96.5. The van der Waals surface area contributed by atoms with Gasteiger partial charge in [0.15, 0.2) is 29.0 Å². The molecule has 2 amide bonds. The van der Waals surface area contributed by atoms with E-state index in [4.69, 9.17) is 5.11 Å². The van der Waals surface area contributed by atoms with Gasteiger partial charge in [-0.1, -0.05) is 27.4 Å². The molecule has 0 fully saturated rings. The van der Waals surface area contributed by atoms with Crippen LogP contribution in [0.2, 0.25) is 0 Å². The zero-order chi connectivity index (χ0) is 52.2. The van der Waals surface area contributed by atoms with Gasteiger partial charge in [-0.25, -0.2) is 23.1 Å². The number of aliphatic hydroxyl groups is 1. The number of ketones is 2. The Bertz CT molecular complexity index is 2890. The maximum absolute atomic E-state index is 13.8. The average molecular weight is 1010 g/mol. The van der Waals surface area contributed by atoms with E-state index in [1.165, 1.54) is 17.8 Å². The third-order valence-electron chi connectivity index (χ3n) is 10.2. The number of thioether (sulfide) groups is 1. The molecule has 2 aromatic heterocycles. The van der Waals surface area contributed by atoms with Crippen LogP contribution in [-0.2, 0) is 30.1 Å². The molecular weight excluding hydrogens is 969 g/mol. The van der Waals surface area contributed by atoms with Crippen LogP contribution in [0.1, 0.15) is 70.5 Å². The number of alkyl halides is 4. The van der Waals surface area contributed by atoms with Gasteiger partial charge in [-0.2, -0.15) is 22.0 Å². The number of Topliss-reactive ketones (excluding diaryl/α,β-unsaturated/α-hetero) is 2. The number of hydrogen-bond donors (Lipinski definition) is 4. The maximum atomic E-state index is 13.8. The molecular formula is C45H44F8N6O10S. The van der Waals surface area contributed by atoms with Gasteiger partial charge in [0.05, 0.1) is 58.2 Å². The zero-order valence-electron chi connectivity index (χ0n) is 37.3. The predicted molar refractivity (Wildman–Crippen MR) is 237 cm³/mol. The molecule has 5 aromatic rings. The summed E-state index contributed by atoms with van der Waals surface area (Å²) in [6.07, 6.45) is -2.90. The van der Waals surface area contributed by atoms with Crippen molar-refractivity contribution in [1.82, 2.24) is 29.7 Å². The van der Waals surface area contributed by atoms with Crippen LogP contribution in [0.4, 0.5) is 35.1 Å². The number of hydrogen-bond acceptors (Lipinski definition) is 12. The van der Waals surface area contributed by atoms with Gasteiger partial charge in [0.25, 0.3) is 11.1 Å². The summed E-state index contributed by atoms with van der Waals surface area (Å²) in [7, 11) is 0. The monoisotopic (exact) mass is 1010 g/mol.